The molecular weight excluding hydrogens is 258 g/mol. The van der Waals surface area contributed by atoms with Gasteiger partial charge in [-0.3, -0.25) is 0 Å². The Kier molecular flexibility index (Phi) is 5.68. The minimum Gasteiger partial charge on any atom is -0.461 e. The summed E-state index contributed by atoms with van der Waals surface area (Å²) in [7, 11) is 0. The molecular formula is C14H25N3O3. The zero-order valence-electron chi connectivity index (χ0n) is 13.3. The normalized spacial score (nSPS) is 11.9. The molecule has 20 heavy (non-hydrogen) atoms. The average Bonchev–Trinajstić information content (AvgIpc) is 2.71. The summed E-state index contributed by atoms with van der Waals surface area (Å²) in [6.45, 7) is 13.2. The molecule has 0 N–H and O–H groups in total. The van der Waals surface area contributed by atoms with Crippen LogP contribution in [0, 0.1) is 0 Å². The number of aromatic nitrogens is 3. The highest BCUT2D eigenvalue weighted by molar-refractivity contribution is 5.88. The zero-order chi connectivity index (χ0) is 15.3. The molecule has 6 heteroatoms. The van der Waals surface area contributed by atoms with Crippen LogP contribution in [0.2, 0.25) is 0 Å². The fraction of sp³-hybridized carbons (Fsp3) is 0.786. The highest BCUT2D eigenvalue weighted by atomic mass is 16.5. The molecule has 1 aromatic heterocycles. The van der Waals surface area contributed by atoms with Gasteiger partial charge in [0.05, 0.1) is 31.1 Å². The first kappa shape index (κ1) is 16.6. The molecule has 0 aliphatic carbocycles. The lowest BCUT2D eigenvalue weighted by atomic mass is 10.1. The van der Waals surface area contributed by atoms with Crippen LogP contribution in [0.25, 0.3) is 0 Å². The Morgan fingerprint density at radius 2 is 2.00 bits per heavy atom. The Balaban J connectivity index is 2.84. The molecule has 0 fully saturated rings. The van der Waals surface area contributed by atoms with Crippen LogP contribution in [0.1, 0.15) is 63.6 Å². The van der Waals surface area contributed by atoms with Crippen LogP contribution in [-0.4, -0.2) is 39.8 Å². The van der Waals surface area contributed by atoms with Crippen LogP contribution in [-0.2, 0) is 16.0 Å². The van der Waals surface area contributed by atoms with E-state index in [1.54, 1.807) is 11.6 Å². The molecule has 0 amide bonds. The van der Waals surface area contributed by atoms with Crippen LogP contribution >= 0.6 is 0 Å². The summed E-state index contributed by atoms with van der Waals surface area (Å²) in [5.41, 5.74) is 0.904. The maximum atomic E-state index is 11.8. The van der Waals surface area contributed by atoms with Crippen molar-refractivity contribution in [3.8, 4) is 0 Å². The van der Waals surface area contributed by atoms with Gasteiger partial charge in [-0.2, -0.15) is 0 Å². The number of hydrogen-bond acceptors (Lipinski definition) is 5. The van der Waals surface area contributed by atoms with Crippen LogP contribution in [0.3, 0.4) is 0 Å². The van der Waals surface area contributed by atoms with Crippen molar-refractivity contribution in [2.45, 2.75) is 59.6 Å². The second-order valence-corrected chi connectivity index (χ2v) is 5.88. The fourth-order valence-electron chi connectivity index (χ4n) is 1.84. The van der Waals surface area contributed by atoms with Crippen LogP contribution in [0.5, 0.6) is 0 Å². The van der Waals surface area contributed by atoms with Gasteiger partial charge < -0.3 is 9.47 Å². The Morgan fingerprint density at radius 3 is 2.50 bits per heavy atom. The van der Waals surface area contributed by atoms with E-state index in [1.807, 2.05) is 34.6 Å². The number of carbonyl (C=O) groups excluding carboxylic acids is 1. The zero-order valence-corrected chi connectivity index (χ0v) is 13.3. The lowest BCUT2D eigenvalue weighted by Gasteiger charge is -2.20. The molecule has 0 radical (unpaired) electrons. The Bertz CT molecular complexity index is 447. The van der Waals surface area contributed by atoms with E-state index in [-0.39, 0.29) is 11.5 Å². The fourth-order valence-corrected chi connectivity index (χ4v) is 1.84. The van der Waals surface area contributed by atoms with Gasteiger partial charge in [0, 0.05) is 0 Å². The van der Waals surface area contributed by atoms with Crippen molar-refractivity contribution in [3.05, 3.63) is 11.4 Å². The van der Waals surface area contributed by atoms with E-state index in [0.29, 0.717) is 25.5 Å². The topological polar surface area (TPSA) is 66.2 Å². The molecule has 0 saturated carbocycles. The predicted octanol–water partition coefficient (Wildman–Crippen LogP) is 2.39. The van der Waals surface area contributed by atoms with Gasteiger partial charge in [0.1, 0.15) is 0 Å². The molecule has 1 aromatic rings. The highest BCUT2D eigenvalue weighted by Gasteiger charge is 2.23. The molecule has 1 rings (SSSR count). The van der Waals surface area contributed by atoms with E-state index >= 15 is 0 Å². The summed E-state index contributed by atoms with van der Waals surface area (Å²) < 4.78 is 12.4. The van der Waals surface area contributed by atoms with Crippen LogP contribution in [0.4, 0.5) is 0 Å². The summed E-state index contributed by atoms with van der Waals surface area (Å²) in [4.78, 5) is 11.8. The number of nitrogens with zero attached hydrogens (tertiary/aromatic N) is 3. The van der Waals surface area contributed by atoms with Crippen LogP contribution in [0.15, 0.2) is 0 Å². The van der Waals surface area contributed by atoms with Crippen molar-refractivity contribution in [2.75, 3.05) is 13.2 Å². The quantitative estimate of drug-likeness (QED) is 0.750. The molecule has 0 aromatic carbocycles. The lowest BCUT2D eigenvalue weighted by Crippen LogP contribution is -2.23. The summed E-state index contributed by atoms with van der Waals surface area (Å²) in [5.74, 6) is -0.279. The summed E-state index contributed by atoms with van der Waals surface area (Å²) >= 11 is 0. The molecule has 0 bridgehead atoms. The summed E-state index contributed by atoms with van der Waals surface area (Å²) in [5, 5.41) is 8.00. The summed E-state index contributed by atoms with van der Waals surface area (Å²) in [6, 6.07) is 0. The minimum atomic E-state index is -0.417. The molecule has 0 spiro atoms. The van der Waals surface area contributed by atoms with Crippen LogP contribution < -0.4 is 0 Å². The molecule has 6 nitrogen and oxygen atoms in total. The van der Waals surface area contributed by atoms with Crippen molar-refractivity contribution in [3.63, 3.8) is 0 Å². The predicted molar refractivity (Wildman–Crippen MR) is 75.8 cm³/mol. The Morgan fingerprint density at radius 1 is 1.35 bits per heavy atom. The van der Waals surface area contributed by atoms with Gasteiger partial charge in [-0.05, 0) is 33.6 Å². The number of hydrogen-bond donors (Lipinski definition) is 0. The third-order valence-corrected chi connectivity index (χ3v) is 2.63. The van der Waals surface area contributed by atoms with E-state index < -0.39 is 5.97 Å². The molecule has 0 atom stereocenters. The van der Waals surface area contributed by atoms with E-state index in [1.165, 1.54) is 0 Å². The highest BCUT2D eigenvalue weighted by Crippen LogP contribution is 2.18. The molecule has 1 heterocycles. The number of rotatable bonds is 6. The van der Waals surface area contributed by atoms with Crippen molar-refractivity contribution in [1.29, 1.82) is 0 Å². The first-order valence-electron chi connectivity index (χ1n) is 7.00. The van der Waals surface area contributed by atoms with Gasteiger partial charge in [0.25, 0.3) is 0 Å². The maximum absolute atomic E-state index is 11.8. The van der Waals surface area contributed by atoms with Gasteiger partial charge in [0.2, 0.25) is 0 Å². The third-order valence-electron chi connectivity index (χ3n) is 2.63. The van der Waals surface area contributed by atoms with Crippen molar-refractivity contribution >= 4 is 5.97 Å². The molecule has 114 valence electrons. The molecule has 0 unspecified atom stereocenters. The number of ether oxygens (including phenoxy) is 2. The van der Waals surface area contributed by atoms with Crippen molar-refractivity contribution in [1.82, 2.24) is 15.0 Å². The molecule has 0 aliphatic heterocycles. The second kappa shape index (κ2) is 6.83. The van der Waals surface area contributed by atoms with Gasteiger partial charge in [0.15, 0.2) is 5.69 Å². The largest absolute Gasteiger partial charge is 0.461 e. The van der Waals surface area contributed by atoms with E-state index in [0.717, 1.165) is 5.69 Å². The Labute approximate surface area is 120 Å². The van der Waals surface area contributed by atoms with Gasteiger partial charge in [-0.25, -0.2) is 9.48 Å². The maximum Gasteiger partial charge on any atom is 0.360 e. The molecule has 0 aliphatic rings. The Hall–Kier alpha value is -1.43. The second-order valence-electron chi connectivity index (χ2n) is 5.88. The van der Waals surface area contributed by atoms with Gasteiger partial charge in [-0.15, -0.1) is 5.10 Å². The number of carbonyl (C=O) groups is 1. The smallest absolute Gasteiger partial charge is 0.360 e. The SMILES string of the molecule is CCOC(=O)c1nnn(CCOC(C)(C)C)c1C(C)C. The average molecular weight is 283 g/mol. The molecule has 0 saturated heterocycles. The van der Waals surface area contributed by atoms with Crippen molar-refractivity contribution < 1.29 is 14.3 Å². The first-order chi connectivity index (χ1) is 9.26. The standard InChI is InChI=1S/C14H25N3O3/c1-7-19-13(18)11-12(10(2)3)17(16-15-11)8-9-20-14(4,5)6/h10H,7-9H2,1-6H3. The summed E-state index contributed by atoms with van der Waals surface area (Å²) in [6.07, 6.45) is 0. The van der Waals surface area contributed by atoms with E-state index in [9.17, 15) is 4.79 Å². The van der Waals surface area contributed by atoms with E-state index in [4.69, 9.17) is 9.47 Å². The monoisotopic (exact) mass is 283 g/mol. The van der Waals surface area contributed by atoms with E-state index in [2.05, 4.69) is 10.3 Å². The minimum absolute atomic E-state index is 0.138. The third kappa shape index (κ3) is 4.59. The lowest BCUT2D eigenvalue weighted by molar-refractivity contribution is -0.00839. The van der Waals surface area contributed by atoms with Gasteiger partial charge in [-0.1, -0.05) is 19.1 Å². The van der Waals surface area contributed by atoms with Crippen molar-refractivity contribution in [2.24, 2.45) is 0 Å². The number of esters is 1. The van der Waals surface area contributed by atoms with Gasteiger partial charge >= 0.3 is 5.97 Å². The first-order valence-corrected chi connectivity index (χ1v) is 7.00.